The number of nitro groups is 1. The van der Waals surface area contributed by atoms with Crippen molar-refractivity contribution in [1.82, 2.24) is 0 Å². The topological polar surface area (TPSA) is 100 Å². The number of benzene rings is 2. The molecule has 0 amide bonds. The summed E-state index contributed by atoms with van der Waals surface area (Å²) in [6.45, 7) is 0. The summed E-state index contributed by atoms with van der Waals surface area (Å²) in [6.07, 6.45) is 4.92. The number of rotatable bonds is 6. The number of hydrogen-bond donors (Lipinski definition) is 0. The van der Waals surface area contributed by atoms with Crippen LogP contribution in [0.1, 0.15) is 11.1 Å². The fraction of sp³-hybridized carbons (Fsp3) is 0.100. The van der Waals surface area contributed by atoms with Crippen molar-refractivity contribution >= 4 is 23.6 Å². The molecule has 0 N–H and O–H groups in total. The summed E-state index contributed by atoms with van der Waals surface area (Å²) >= 11 is 0. The maximum atomic E-state index is 12.0. The molecule has 28 heavy (non-hydrogen) atoms. The van der Waals surface area contributed by atoms with Crippen molar-refractivity contribution in [3.8, 4) is 11.5 Å². The average molecular weight is 380 g/mol. The van der Waals surface area contributed by atoms with Crippen molar-refractivity contribution in [2.45, 2.75) is 0 Å². The van der Waals surface area contributed by atoms with Gasteiger partial charge < -0.3 is 14.2 Å². The van der Waals surface area contributed by atoms with Crippen LogP contribution in [-0.4, -0.2) is 31.0 Å². The van der Waals surface area contributed by atoms with Crippen molar-refractivity contribution in [1.29, 1.82) is 0 Å². The van der Waals surface area contributed by atoms with Crippen LogP contribution in [0.25, 0.3) is 6.08 Å². The average Bonchev–Trinajstić information content (AvgIpc) is 3.08. The Hall–Kier alpha value is -3.94. The predicted molar refractivity (Wildman–Crippen MR) is 102 cm³/mol. The van der Waals surface area contributed by atoms with E-state index >= 15 is 0 Å². The van der Waals surface area contributed by atoms with Gasteiger partial charge in [-0.25, -0.2) is 9.79 Å². The van der Waals surface area contributed by atoms with E-state index in [1.165, 1.54) is 31.4 Å². The van der Waals surface area contributed by atoms with Gasteiger partial charge in [0.15, 0.2) is 11.4 Å². The number of nitro benzene ring substituents is 1. The lowest BCUT2D eigenvalue weighted by atomic mass is 10.2. The molecule has 0 saturated heterocycles. The van der Waals surface area contributed by atoms with E-state index in [1.54, 1.807) is 19.3 Å². The van der Waals surface area contributed by atoms with Crippen LogP contribution in [0.2, 0.25) is 0 Å². The minimum atomic E-state index is -0.641. The lowest BCUT2D eigenvalue weighted by Crippen LogP contribution is -2.06. The molecule has 3 rings (SSSR count). The highest BCUT2D eigenvalue weighted by Crippen LogP contribution is 2.29. The minimum Gasteiger partial charge on any atom is -0.496 e. The third-order valence-electron chi connectivity index (χ3n) is 3.91. The Morgan fingerprint density at radius 2 is 1.86 bits per heavy atom. The molecule has 0 fully saturated rings. The number of para-hydroxylation sites is 1. The maximum Gasteiger partial charge on any atom is 0.363 e. The van der Waals surface area contributed by atoms with Crippen LogP contribution in [0.3, 0.4) is 0 Å². The van der Waals surface area contributed by atoms with Crippen LogP contribution >= 0.6 is 0 Å². The number of aliphatic imine (C=N–C) groups is 1. The highest BCUT2D eigenvalue weighted by molar-refractivity contribution is 6.11. The number of methoxy groups -OCH3 is 2. The standard InChI is InChI=1S/C20H16N2O6/c1-26-17-9-4-3-6-13(17)7-5-8-15-20(23)28-19(21-15)14-10-11-18(27-2)16(12-14)22(24)25/h3-12H,1-2H3/b7-5+,15-8-. The molecule has 8 nitrogen and oxygen atoms in total. The molecule has 0 aliphatic carbocycles. The second kappa shape index (κ2) is 8.17. The van der Waals surface area contributed by atoms with Gasteiger partial charge in [-0.15, -0.1) is 0 Å². The van der Waals surface area contributed by atoms with Crippen LogP contribution < -0.4 is 9.47 Å². The predicted octanol–water partition coefficient (Wildman–Crippen LogP) is 3.51. The van der Waals surface area contributed by atoms with Gasteiger partial charge in [0.25, 0.3) is 0 Å². The molecule has 142 valence electrons. The lowest BCUT2D eigenvalue weighted by Gasteiger charge is -2.03. The quantitative estimate of drug-likeness (QED) is 0.329. The van der Waals surface area contributed by atoms with Gasteiger partial charge in [0.1, 0.15) is 5.75 Å². The monoisotopic (exact) mass is 380 g/mol. The number of cyclic esters (lactones) is 1. The molecule has 2 aromatic carbocycles. The first-order valence-corrected chi connectivity index (χ1v) is 8.18. The van der Waals surface area contributed by atoms with Crippen molar-refractivity contribution in [2.75, 3.05) is 14.2 Å². The number of ether oxygens (including phenoxy) is 3. The Morgan fingerprint density at radius 1 is 1.11 bits per heavy atom. The molecule has 0 atom stereocenters. The molecule has 0 radical (unpaired) electrons. The molecule has 0 bridgehead atoms. The lowest BCUT2D eigenvalue weighted by molar-refractivity contribution is -0.385. The van der Waals surface area contributed by atoms with E-state index in [2.05, 4.69) is 4.99 Å². The molecule has 1 aliphatic rings. The van der Waals surface area contributed by atoms with Crippen LogP contribution in [0, 0.1) is 10.1 Å². The number of esters is 1. The molecule has 8 heteroatoms. The second-order valence-electron chi connectivity index (χ2n) is 5.60. The Balaban J connectivity index is 1.87. The van der Waals surface area contributed by atoms with Crippen LogP contribution in [0.4, 0.5) is 5.69 Å². The van der Waals surface area contributed by atoms with Crippen LogP contribution in [0.15, 0.2) is 65.3 Å². The van der Waals surface area contributed by atoms with E-state index in [4.69, 9.17) is 14.2 Å². The van der Waals surface area contributed by atoms with Gasteiger partial charge >= 0.3 is 11.7 Å². The summed E-state index contributed by atoms with van der Waals surface area (Å²) in [6, 6.07) is 11.6. The van der Waals surface area contributed by atoms with Gasteiger partial charge in [-0.2, -0.15) is 0 Å². The van der Waals surface area contributed by atoms with Crippen molar-refractivity contribution in [2.24, 2.45) is 4.99 Å². The highest BCUT2D eigenvalue weighted by Gasteiger charge is 2.26. The summed E-state index contributed by atoms with van der Waals surface area (Å²) < 4.78 is 15.4. The van der Waals surface area contributed by atoms with Crippen molar-refractivity contribution in [3.05, 3.63) is 81.6 Å². The molecule has 0 unspecified atom stereocenters. The van der Waals surface area contributed by atoms with E-state index < -0.39 is 10.9 Å². The van der Waals surface area contributed by atoms with E-state index in [0.29, 0.717) is 11.3 Å². The number of allylic oxidation sites excluding steroid dienone is 2. The Morgan fingerprint density at radius 3 is 2.57 bits per heavy atom. The van der Waals surface area contributed by atoms with Crippen LogP contribution in [0.5, 0.6) is 11.5 Å². The van der Waals surface area contributed by atoms with Gasteiger partial charge in [0.05, 0.1) is 19.1 Å². The summed E-state index contributed by atoms with van der Waals surface area (Å²) in [4.78, 5) is 26.7. The zero-order valence-corrected chi connectivity index (χ0v) is 15.1. The third-order valence-corrected chi connectivity index (χ3v) is 3.91. The normalized spacial score (nSPS) is 14.9. The first-order chi connectivity index (χ1) is 13.5. The third kappa shape index (κ3) is 3.90. The van der Waals surface area contributed by atoms with Gasteiger partial charge in [-0.1, -0.05) is 30.4 Å². The molecular weight excluding hydrogens is 364 g/mol. The number of carbonyl (C=O) groups excluding carboxylic acids is 1. The second-order valence-corrected chi connectivity index (χ2v) is 5.60. The van der Waals surface area contributed by atoms with E-state index in [9.17, 15) is 14.9 Å². The molecule has 1 aliphatic heterocycles. The SMILES string of the molecule is COc1ccccc1/C=C/C=C1\N=C(c2ccc(OC)c([N+](=O)[O-])c2)OC1=O. The van der Waals surface area contributed by atoms with E-state index in [-0.39, 0.29) is 23.0 Å². The summed E-state index contributed by atoms with van der Waals surface area (Å²) in [5.74, 6) is 0.154. The van der Waals surface area contributed by atoms with Gasteiger partial charge in [0, 0.05) is 17.2 Å². The van der Waals surface area contributed by atoms with Gasteiger partial charge in [0.2, 0.25) is 5.90 Å². The summed E-state index contributed by atoms with van der Waals surface area (Å²) in [5.41, 5.74) is 0.980. The first kappa shape index (κ1) is 18.8. The maximum absolute atomic E-state index is 12.0. The molecule has 0 spiro atoms. The molecule has 1 heterocycles. The van der Waals surface area contributed by atoms with Crippen LogP contribution in [-0.2, 0) is 9.53 Å². The van der Waals surface area contributed by atoms with Gasteiger partial charge in [-0.3, -0.25) is 10.1 Å². The Bertz CT molecular complexity index is 1020. The summed E-state index contributed by atoms with van der Waals surface area (Å²) in [5, 5.41) is 11.2. The number of nitrogens with zero attached hydrogens (tertiary/aromatic N) is 2. The molecule has 0 aromatic heterocycles. The van der Waals surface area contributed by atoms with Gasteiger partial charge in [-0.05, 0) is 24.3 Å². The molecular formula is C20H16N2O6. The zero-order valence-electron chi connectivity index (χ0n) is 15.1. The fourth-order valence-electron chi connectivity index (χ4n) is 2.56. The number of hydrogen-bond acceptors (Lipinski definition) is 7. The Kier molecular flexibility index (Phi) is 5.50. The smallest absolute Gasteiger partial charge is 0.363 e. The highest BCUT2D eigenvalue weighted by atomic mass is 16.6. The first-order valence-electron chi connectivity index (χ1n) is 8.18. The largest absolute Gasteiger partial charge is 0.496 e. The van der Waals surface area contributed by atoms with Crippen molar-refractivity contribution in [3.63, 3.8) is 0 Å². The zero-order chi connectivity index (χ0) is 20.1. The number of carbonyl (C=O) groups is 1. The molecule has 2 aromatic rings. The Labute approximate surface area is 160 Å². The van der Waals surface area contributed by atoms with E-state index in [0.717, 1.165) is 5.56 Å². The van der Waals surface area contributed by atoms with Crippen molar-refractivity contribution < 1.29 is 23.9 Å². The fourth-order valence-corrected chi connectivity index (χ4v) is 2.56. The summed E-state index contributed by atoms with van der Waals surface area (Å²) in [7, 11) is 2.91. The van der Waals surface area contributed by atoms with E-state index in [1.807, 2.05) is 24.3 Å². The molecule has 0 saturated carbocycles. The minimum absolute atomic E-state index is 0.00676.